The largest absolute Gasteiger partial charge is 0.322 e. The van der Waals surface area contributed by atoms with E-state index in [-0.39, 0.29) is 11.6 Å². The molecule has 0 saturated heterocycles. The Hall–Kier alpha value is -1.13. The predicted molar refractivity (Wildman–Crippen MR) is 67.5 cm³/mol. The molecule has 0 spiro atoms. The third-order valence-electron chi connectivity index (χ3n) is 2.75. The Morgan fingerprint density at radius 1 is 1.59 bits per heavy atom. The van der Waals surface area contributed by atoms with Gasteiger partial charge in [0.2, 0.25) is 5.91 Å². The number of anilines is 1. The lowest BCUT2D eigenvalue weighted by Gasteiger charge is -2.18. The van der Waals surface area contributed by atoms with Gasteiger partial charge in [0.05, 0.1) is 11.7 Å². The monoisotopic (exact) mass is 258 g/mol. The number of nitrogens with two attached hydrogens (primary N) is 1. The summed E-state index contributed by atoms with van der Waals surface area (Å²) in [5.74, 6) is -0.892. The molecule has 0 saturated carbocycles. The maximum Gasteiger partial charge on any atom is 0.241 e. The van der Waals surface area contributed by atoms with Crippen LogP contribution in [0.1, 0.15) is 20.3 Å². The third kappa shape index (κ3) is 3.68. The van der Waals surface area contributed by atoms with Gasteiger partial charge >= 0.3 is 0 Å². The summed E-state index contributed by atoms with van der Waals surface area (Å²) in [5, 5.41) is 2.80. The number of benzene rings is 1. The number of amides is 1. The zero-order valence-electron chi connectivity index (χ0n) is 9.84. The summed E-state index contributed by atoms with van der Waals surface area (Å²) in [6.07, 6.45) is 0.784. The van der Waals surface area contributed by atoms with Gasteiger partial charge in [0.15, 0.2) is 0 Å². The van der Waals surface area contributed by atoms with Gasteiger partial charge in [-0.25, -0.2) is 4.39 Å². The molecule has 1 amide bonds. The third-order valence-corrected chi connectivity index (χ3v) is 2.98. The van der Waals surface area contributed by atoms with E-state index in [0.29, 0.717) is 5.02 Å². The van der Waals surface area contributed by atoms with Crippen molar-refractivity contribution >= 4 is 23.2 Å². The van der Waals surface area contributed by atoms with Crippen LogP contribution >= 0.6 is 11.6 Å². The van der Waals surface area contributed by atoms with Crippen molar-refractivity contribution in [1.29, 1.82) is 0 Å². The maximum atomic E-state index is 13.4. The van der Waals surface area contributed by atoms with Crippen LogP contribution in [-0.4, -0.2) is 11.9 Å². The molecule has 2 unspecified atom stereocenters. The smallest absolute Gasteiger partial charge is 0.241 e. The maximum absolute atomic E-state index is 13.4. The van der Waals surface area contributed by atoms with Crippen molar-refractivity contribution in [3.63, 3.8) is 0 Å². The lowest BCUT2D eigenvalue weighted by molar-refractivity contribution is -0.118. The first kappa shape index (κ1) is 13.9. The van der Waals surface area contributed by atoms with E-state index in [9.17, 15) is 9.18 Å². The van der Waals surface area contributed by atoms with Crippen LogP contribution in [0.25, 0.3) is 0 Å². The molecule has 0 aliphatic heterocycles. The second-order valence-electron chi connectivity index (χ2n) is 4.02. The van der Waals surface area contributed by atoms with Gasteiger partial charge in [-0.2, -0.15) is 0 Å². The normalized spacial score (nSPS) is 14.2. The van der Waals surface area contributed by atoms with E-state index in [1.54, 1.807) is 0 Å². The molecule has 1 aromatic carbocycles. The average Bonchev–Trinajstić information content (AvgIpc) is 2.31. The predicted octanol–water partition coefficient (Wildman–Crippen LogP) is 2.79. The summed E-state index contributed by atoms with van der Waals surface area (Å²) in [6, 6.07) is 3.32. The molecule has 0 aliphatic carbocycles. The summed E-state index contributed by atoms with van der Waals surface area (Å²) in [7, 11) is 0. The van der Waals surface area contributed by atoms with Crippen LogP contribution in [0, 0.1) is 11.7 Å². The van der Waals surface area contributed by atoms with E-state index >= 15 is 0 Å². The van der Waals surface area contributed by atoms with E-state index in [1.165, 1.54) is 18.2 Å². The van der Waals surface area contributed by atoms with Crippen LogP contribution in [0.3, 0.4) is 0 Å². The molecule has 17 heavy (non-hydrogen) atoms. The molecular weight excluding hydrogens is 243 g/mol. The van der Waals surface area contributed by atoms with Crippen molar-refractivity contribution in [3.05, 3.63) is 29.0 Å². The standard InChI is InChI=1S/C12H16ClFN2O/c1-3-7(2)11(15)12(17)16-10-6-8(13)4-5-9(10)14/h4-7,11H,3,15H2,1-2H3,(H,16,17). The molecule has 0 heterocycles. The first-order chi connectivity index (χ1) is 7.95. The zero-order chi connectivity index (χ0) is 13.0. The number of nitrogens with one attached hydrogen (secondary N) is 1. The van der Waals surface area contributed by atoms with Crippen LogP contribution in [-0.2, 0) is 4.79 Å². The topological polar surface area (TPSA) is 55.1 Å². The first-order valence-corrected chi connectivity index (χ1v) is 5.85. The minimum atomic E-state index is -0.654. The van der Waals surface area contributed by atoms with Crippen LogP contribution in [0.4, 0.5) is 10.1 Å². The highest BCUT2D eigenvalue weighted by molar-refractivity contribution is 6.30. The fourth-order valence-electron chi connectivity index (χ4n) is 1.32. The average molecular weight is 259 g/mol. The van der Waals surface area contributed by atoms with Crippen LogP contribution in [0.5, 0.6) is 0 Å². The van der Waals surface area contributed by atoms with Gasteiger partial charge in [-0.3, -0.25) is 4.79 Å². The molecule has 3 N–H and O–H groups in total. The minimum Gasteiger partial charge on any atom is -0.322 e. The van der Waals surface area contributed by atoms with E-state index < -0.39 is 17.8 Å². The Bertz CT molecular complexity index is 411. The van der Waals surface area contributed by atoms with Gasteiger partial charge in [-0.15, -0.1) is 0 Å². The van der Waals surface area contributed by atoms with E-state index in [4.69, 9.17) is 17.3 Å². The Morgan fingerprint density at radius 3 is 2.82 bits per heavy atom. The number of carbonyl (C=O) groups is 1. The SMILES string of the molecule is CCC(C)C(N)C(=O)Nc1cc(Cl)ccc1F. The van der Waals surface area contributed by atoms with Crippen molar-refractivity contribution in [1.82, 2.24) is 0 Å². The number of carbonyl (C=O) groups excluding carboxylic acids is 1. The Morgan fingerprint density at radius 2 is 2.24 bits per heavy atom. The zero-order valence-corrected chi connectivity index (χ0v) is 10.6. The van der Waals surface area contributed by atoms with Crippen LogP contribution in [0.2, 0.25) is 5.02 Å². The van der Waals surface area contributed by atoms with Crippen molar-refractivity contribution in [3.8, 4) is 0 Å². The molecular formula is C12H16ClFN2O. The molecule has 94 valence electrons. The molecule has 0 aromatic heterocycles. The number of hydrogen-bond donors (Lipinski definition) is 2. The Kier molecular flexibility index (Phi) is 4.90. The van der Waals surface area contributed by atoms with Gasteiger partial charge in [0.25, 0.3) is 0 Å². The van der Waals surface area contributed by atoms with E-state index in [0.717, 1.165) is 6.42 Å². The summed E-state index contributed by atoms with van der Waals surface area (Å²) < 4.78 is 13.4. The summed E-state index contributed by atoms with van der Waals surface area (Å²) in [6.45, 7) is 3.82. The first-order valence-electron chi connectivity index (χ1n) is 5.47. The number of rotatable bonds is 4. The second-order valence-corrected chi connectivity index (χ2v) is 4.46. The van der Waals surface area contributed by atoms with Crippen molar-refractivity contribution in [2.24, 2.45) is 11.7 Å². The van der Waals surface area contributed by atoms with E-state index in [2.05, 4.69) is 5.32 Å². The highest BCUT2D eigenvalue weighted by Gasteiger charge is 2.20. The van der Waals surface area contributed by atoms with Gasteiger partial charge in [0, 0.05) is 5.02 Å². The highest BCUT2D eigenvalue weighted by Crippen LogP contribution is 2.20. The fourth-order valence-corrected chi connectivity index (χ4v) is 1.49. The minimum absolute atomic E-state index is 0.0391. The van der Waals surface area contributed by atoms with Gasteiger partial charge in [-0.05, 0) is 24.1 Å². The molecule has 2 atom stereocenters. The molecule has 3 nitrogen and oxygen atoms in total. The lowest BCUT2D eigenvalue weighted by atomic mass is 9.99. The molecule has 0 bridgehead atoms. The van der Waals surface area contributed by atoms with Crippen molar-refractivity contribution in [2.45, 2.75) is 26.3 Å². The van der Waals surface area contributed by atoms with Crippen molar-refractivity contribution in [2.75, 3.05) is 5.32 Å². The van der Waals surface area contributed by atoms with Gasteiger partial charge < -0.3 is 11.1 Å². The fraction of sp³-hybridized carbons (Fsp3) is 0.417. The van der Waals surface area contributed by atoms with E-state index in [1.807, 2.05) is 13.8 Å². The van der Waals surface area contributed by atoms with Crippen LogP contribution in [0.15, 0.2) is 18.2 Å². The summed E-state index contributed by atoms with van der Waals surface area (Å²) >= 11 is 5.72. The molecule has 1 rings (SSSR count). The summed E-state index contributed by atoms with van der Waals surface area (Å²) in [4.78, 5) is 11.7. The molecule has 0 aliphatic rings. The molecule has 0 fully saturated rings. The van der Waals surface area contributed by atoms with Gasteiger partial charge in [-0.1, -0.05) is 31.9 Å². The summed E-state index contributed by atoms with van der Waals surface area (Å²) in [5.41, 5.74) is 5.80. The molecule has 0 radical (unpaired) electrons. The lowest BCUT2D eigenvalue weighted by Crippen LogP contribution is -2.40. The Labute approximate surface area is 105 Å². The van der Waals surface area contributed by atoms with Crippen LogP contribution < -0.4 is 11.1 Å². The number of halogens is 2. The second kappa shape index (κ2) is 5.98. The molecule has 1 aromatic rings. The quantitative estimate of drug-likeness (QED) is 0.873. The van der Waals surface area contributed by atoms with Gasteiger partial charge in [0.1, 0.15) is 5.82 Å². The van der Waals surface area contributed by atoms with Crippen molar-refractivity contribution < 1.29 is 9.18 Å². The Balaban J connectivity index is 2.77. The highest BCUT2D eigenvalue weighted by atomic mass is 35.5. The number of hydrogen-bond acceptors (Lipinski definition) is 2. The molecule has 5 heteroatoms.